The van der Waals surface area contributed by atoms with E-state index in [0.717, 1.165) is 0 Å². The third-order valence-electron chi connectivity index (χ3n) is 5.07. The average Bonchev–Trinajstić information content (AvgIpc) is 3.32. The first-order chi connectivity index (χ1) is 17.3. The molecule has 1 aromatic rings. The lowest BCUT2D eigenvalue weighted by Crippen LogP contribution is -2.57. The number of nitrogens with zero attached hydrogens (tertiary/aromatic N) is 2. The van der Waals surface area contributed by atoms with Crippen LogP contribution in [0.2, 0.25) is 0 Å². The van der Waals surface area contributed by atoms with E-state index in [0.29, 0.717) is 18.0 Å². The molecule has 5 atom stereocenters. The summed E-state index contributed by atoms with van der Waals surface area (Å²) >= 11 is 1.44. The number of amides is 3. The quantitative estimate of drug-likeness (QED) is 0.0680. The number of carbonyl (C=O) groups excluding carboxylic acids is 3. The molecule has 0 aliphatic heterocycles. The van der Waals surface area contributed by atoms with E-state index in [4.69, 9.17) is 22.9 Å². The molecule has 0 radical (unpaired) electrons. The lowest BCUT2D eigenvalue weighted by Gasteiger charge is -2.25. The summed E-state index contributed by atoms with van der Waals surface area (Å²) in [6.07, 6.45) is 1.54. The number of carboxylic acid groups (broad SMARTS) is 1. The fourth-order valence-corrected chi connectivity index (χ4v) is 3.07. The van der Waals surface area contributed by atoms with Gasteiger partial charge in [0.05, 0.1) is 12.6 Å². The standard InChI is InChI=1S/C18H35N7O6.C3H4N2S/c1-4-9(2)14(25-15(28)13(19)10(3)26)16(29)23-8-12(27)24-11(17(30)31)6-5-7-22-18(20)21;4-3-5-1-2-6-3/h9-11,13-14,26H,4-8,19H2,1-3H3,(H,23,29)(H,24,27)(H,25,28)(H,30,31)(H4,20,21,22);1-2H,(H2,4,5)/t9-,10+,11-,13-,14-;/m0./s1. The Morgan fingerprint density at radius 1 is 1.16 bits per heavy atom. The van der Waals surface area contributed by atoms with Gasteiger partial charge in [-0.3, -0.25) is 19.4 Å². The summed E-state index contributed by atoms with van der Waals surface area (Å²) in [6.45, 7) is 4.63. The molecule has 1 rings (SSSR count). The number of carbonyl (C=O) groups is 4. The molecule has 0 aliphatic carbocycles. The Morgan fingerprint density at radius 3 is 2.24 bits per heavy atom. The second-order valence-corrected chi connectivity index (χ2v) is 9.06. The Bertz CT molecular complexity index is 878. The van der Waals surface area contributed by atoms with Gasteiger partial charge in [-0.1, -0.05) is 20.3 Å². The summed E-state index contributed by atoms with van der Waals surface area (Å²) in [5.74, 6) is -3.67. The van der Waals surface area contributed by atoms with Gasteiger partial charge < -0.3 is 49.1 Å². The third kappa shape index (κ3) is 14.6. The monoisotopic (exact) mass is 545 g/mol. The van der Waals surface area contributed by atoms with Gasteiger partial charge in [-0.15, -0.1) is 11.3 Å². The second-order valence-electron chi connectivity index (χ2n) is 8.13. The van der Waals surface area contributed by atoms with Crippen molar-refractivity contribution in [1.29, 1.82) is 0 Å². The van der Waals surface area contributed by atoms with Crippen molar-refractivity contribution < 1.29 is 29.4 Å². The van der Waals surface area contributed by atoms with Crippen LogP contribution in [-0.4, -0.2) is 82.2 Å². The summed E-state index contributed by atoms with van der Waals surface area (Å²) in [7, 11) is 0. The number of thiazole rings is 1. The zero-order valence-electron chi connectivity index (χ0n) is 21.2. The predicted octanol–water partition coefficient (Wildman–Crippen LogP) is -2.31. The minimum Gasteiger partial charge on any atom is -0.480 e. The van der Waals surface area contributed by atoms with Gasteiger partial charge in [0.2, 0.25) is 17.7 Å². The number of anilines is 1. The maximum Gasteiger partial charge on any atom is 0.326 e. The number of rotatable bonds is 14. The molecule has 37 heavy (non-hydrogen) atoms. The Hall–Kier alpha value is -3.50. The summed E-state index contributed by atoms with van der Waals surface area (Å²) in [5, 5.41) is 28.3. The van der Waals surface area contributed by atoms with Crippen molar-refractivity contribution in [1.82, 2.24) is 20.9 Å². The molecule has 13 N–H and O–H groups in total. The van der Waals surface area contributed by atoms with Gasteiger partial charge in [0, 0.05) is 18.1 Å². The fraction of sp³-hybridized carbons (Fsp3) is 0.619. The zero-order valence-corrected chi connectivity index (χ0v) is 22.0. The van der Waals surface area contributed by atoms with Crippen LogP contribution < -0.4 is 38.9 Å². The molecule has 0 aromatic carbocycles. The molecule has 0 saturated carbocycles. The number of guanidine groups is 1. The highest BCUT2D eigenvalue weighted by atomic mass is 32.1. The lowest BCUT2D eigenvalue weighted by molar-refractivity contribution is -0.142. The van der Waals surface area contributed by atoms with E-state index >= 15 is 0 Å². The molecule has 15 nitrogen and oxygen atoms in total. The van der Waals surface area contributed by atoms with E-state index in [1.807, 2.05) is 12.3 Å². The molecular weight excluding hydrogens is 506 g/mol. The number of hydrogen-bond donors (Lipinski definition) is 9. The van der Waals surface area contributed by atoms with Crippen molar-refractivity contribution >= 4 is 46.1 Å². The Balaban J connectivity index is 0.00000187. The number of aliphatic carboxylic acids is 1. The lowest BCUT2D eigenvalue weighted by atomic mass is 9.97. The Kier molecular flexibility index (Phi) is 16.2. The number of aliphatic hydroxyl groups excluding tert-OH is 1. The van der Waals surface area contributed by atoms with Crippen molar-refractivity contribution in [2.75, 3.05) is 18.8 Å². The van der Waals surface area contributed by atoms with Crippen molar-refractivity contribution in [3.63, 3.8) is 0 Å². The molecule has 210 valence electrons. The number of aliphatic imine (C=N–C) groups is 1. The number of nitrogens with one attached hydrogen (secondary N) is 3. The molecule has 0 saturated heterocycles. The van der Waals surface area contributed by atoms with Crippen LogP contribution in [0.3, 0.4) is 0 Å². The van der Waals surface area contributed by atoms with Crippen molar-refractivity contribution in [2.45, 2.75) is 64.3 Å². The predicted molar refractivity (Wildman–Crippen MR) is 140 cm³/mol. The van der Waals surface area contributed by atoms with Gasteiger partial charge in [0.1, 0.15) is 18.1 Å². The van der Waals surface area contributed by atoms with Crippen LogP contribution in [0.4, 0.5) is 5.13 Å². The summed E-state index contributed by atoms with van der Waals surface area (Å²) in [5.41, 5.74) is 21.2. The number of aliphatic hydroxyl groups is 1. The highest BCUT2D eigenvalue weighted by Crippen LogP contribution is 2.09. The molecule has 0 aliphatic rings. The molecule has 1 heterocycles. The van der Waals surface area contributed by atoms with E-state index in [1.54, 1.807) is 13.1 Å². The van der Waals surface area contributed by atoms with Crippen LogP contribution >= 0.6 is 11.3 Å². The van der Waals surface area contributed by atoms with Gasteiger partial charge >= 0.3 is 5.97 Å². The zero-order chi connectivity index (χ0) is 28.5. The number of nitrogens with two attached hydrogens (primary N) is 4. The maximum absolute atomic E-state index is 12.5. The van der Waals surface area contributed by atoms with Gasteiger partial charge in [0.15, 0.2) is 11.1 Å². The normalized spacial score (nSPS) is 14.4. The maximum atomic E-state index is 12.5. The van der Waals surface area contributed by atoms with Crippen LogP contribution in [0.15, 0.2) is 16.6 Å². The van der Waals surface area contributed by atoms with Crippen molar-refractivity contribution in [2.24, 2.45) is 28.1 Å². The minimum atomic E-state index is -1.23. The highest BCUT2D eigenvalue weighted by molar-refractivity contribution is 7.13. The van der Waals surface area contributed by atoms with Crippen molar-refractivity contribution in [3.05, 3.63) is 11.6 Å². The molecule has 0 unspecified atom stereocenters. The summed E-state index contributed by atoms with van der Waals surface area (Å²) < 4.78 is 0. The van der Waals surface area contributed by atoms with Crippen LogP contribution in [0.1, 0.15) is 40.0 Å². The number of aromatic nitrogens is 1. The molecule has 0 fully saturated rings. The van der Waals surface area contributed by atoms with Crippen LogP contribution in [-0.2, 0) is 19.2 Å². The fourth-order valence-electron chi connectivity index (χ4n) is 2.69. The van der Waals surface area contributed by atoms with E-state index in [-0.39, 0.29) is 24.8 Å². The largest absolute Gasteiger partial charge is 0.480 e. The van der Waals surface area contributed by atoms with Gasteiger partial charge in [-0.2, -0.15) is 0 Å². The first-order valence-electron chi connectivity index (χ1n) is 11.5. The number of nitrogen functional groups attached to an aromatic ring is 1. The second kappa shape index (κ2) is 17.9. The van der Waals surface area contributed by atoms with Gasteiger partial charge in [-0.25, -0.2) is 9.78 Å². The molecule has 3 amide bonds. The number of carboxylic acids is 1. The molecule has 1 aromatic heterocycles. The van der Waals surface area contributed by atoms with Crippen LogP contribution in [0, 0.1) is 5.92 Å². The summed E-state index contributed by atoms with van der Waals surface area (Å²) in [6, 6.07) is -3.37. The number of hydrogen-bond acceptors (Lipinski definition) is 10. The van der Waals surface area contributed by atoms with Gasteiger partial charge in [0.25, 0.3) is 0 Å². The van der Waals surface area contributed by atoms with Crippen molar-refractivity contribution in [3.8, 4) is 0 Å². The SMILES string of the molecule is CC[C@H](C)[C@H](NC(=O)[C@@H](N)[C@@H](C)O)C(=O)NCC(=O)N[C@@H](CCCN=C(N)N)C(=O)O.Nc1nccs1. The topological polar surface area (TPSA) is 274 Å². The van der Waals surface area contributed by atoms with E-state index < -0.39 is 54.5 Å². The van der Waals surface area contributed by atoms with E-state index in [9.17, 15) is 29.4 Å². The third-order valence-corrected chi connectivity index (χ3v) is 5.67. The smallest absolute Gasteiger partial charge is 0.326 e. The average molecular weight is 546 g/mol. The molecule has 0 spiro atoms. The van der Waals surface area contributed by atoms with E-state index in [2.05, 4.69) is 25.9 Å². The molecule has 0 bridgehead atoms. The molecular formula is C21H39N9O6S. The molecule has 16 heteroatoms. The van der Waals surface area contributed by atoms with Crippen LogP contribution in [0.25, 0.3) is 0 Å². The van der Waals surface area contributed by atoms with Gasteiger partial charge in [-0.05, 0) is 25.7 Å². The first-order valence-corrected chi connectivity index (χ1v) is 12.4. The minimum absolute atomic E-state index is 0.0918. The first kappa shape index (κ1) is 33.5. The highest BCUT2D eigenvalue weighted by Gasteiger charge is 2.29. The van der Waals surface area contributed by atoms with E-state index in [1.165, 1.54) is 18.3 Å². The Morgan fingerprint density at radius 2 is 1.81 bits per heavy atom. The summed E-state index contributed by atoms with van der Waals surface area (Å²) in [4.78, 5) is 55.5. The Labute approximate surface area is 219 Å². The van der Waals surface area contributed by atoms with Crippen LogP contribution in [0.5, 0.6) is 0 Å².